The van der Waals surface area contributed by atoms with E-state index in [4.69, 9.17) is 16.7 Å². The zero-order chi connectivity index (χ0) is 17.8. The molecule has 4 nitrogen and oxygen atoms in total. The Bertz CT molecular complexity index is 763. The lowest BCUT2D eigenvalue weighted by Gasteiger charge is -2.27. The highest BCUT2D eigenvalue weighted by molar-refractivity contribution is 6.30. The molecule has 1 amide bonds. The number of amides is 1. The number of hydrogen-bond acceptors (Lipinski definition) is 2. The van der Waals surface area contributed by atoms with E-state index in [0.29, 0.717) is 6.54 Å². The van der Waals surface area contributed by atoms with Gasteiger partial charge in [-0.15, -0.1) is 0 Å². The molecule has 0 atom stereocenters. The summed E-state index contributed by atoms with van der Waals surface area (Å²) in [7, 11) is 1.61. The van der Waals surface area contributed by atoms with E-state index in [2.05, 4.69) is 35.2 Å². The molecule has 2 aromatic rings. The maximum absolute atomic E-state index is 10.9. The van der Waals surface area contributed by atoms with Gasteiger partial charge in [-0.1, -0.05) is 35.9 Å². The number of fused-ring (bicyclic) bond motifs is 2. The average Bonchev–Trinajstić information content (AvgIpc) is 2.75. The van der Waals surface area contributed by atoms with Crippen molar-refractivity contribution in [2.75, 3.05) is 25.0 Å². The molecule has 0 saturated carbocycles. The fourth-order valence-electron chi connectivity index (χ4n) is 3.34. The van der Waals surface area contributed by atoms with Crippen molar-refractivity contribution in [2.24, 2.45) is 0 Å². The summed E-state index contributed by atoms with van der Waals surface area (Å²) in [5, 5.41) is 9.70. The molecule has 132 valence electrons. The lowest BCUT2D eigenvalue weighted by Crippen LogP contribution is -2.27. The molecule has 1 N–H and O–H groups in total. The van der Waals surface area contributed by atoms with Gasteiger partial charge in [0.2, 0.25) is 0 Å². The van der Waals surface area contributed by atoms with Crippen LogP contribution in [0, 0.1) is 0 Å². The number of halogens is 1. The highest BCUT2D eigenvalue weighted by Crippen LogP contribution is 2.37. The first kappa shape index (κ1) is 17.6. The van der Waals surface area contributed by atoms with Gasteiger partial charge in [0, 0.05) is 36.5 Å². The molecule has 0 radical (unpaired) electrons. The summed E-state index contributed by atoms with van der Waals surface area (Å²) in [6.45, 7) is 1.39. The number of hydrogen-bond donors (Lipinski definition) is 1. The molecule has 5 heteroatoms. The molecule has 0 fully saturated rings. The number of benzene rings is 2. The highest BCUT2D eigenvalue weighted by atomic mass is 35.5. The van der Waals surface area contributed by atoms with Gasteiger partial charge in [-0.25, -0.2) is 4.79 Å². The number of carboxylic acid groups (broad SMARTS) is 1. The number of aryl methyl sites for hydroxylation is 2. The first-order valence-corrected chi connectivity index (χ1v) is 9.02. The van der Waals surface area contributed by atoms with Crippen LogP contribution in [0.3, 0.4) is 0 Å². The quantitative estimate of drug-likeness (QED) is 0.767. The number of para-hydroxylation sites is 1. The first-order valence-electron chi connectivity index (χ1n) is 8.64. The van der Waals surface area contributed by atoms with Gasteiger partial charge in [-0.05, 0) is 55.0 Å². The van der Waals surface area contributed by atoms with Crippen molar-refractivity contribution in [3.05, 3.63) is 58.6 Å². The molecule has 1 heterocycles. The number of carbonyl (C=O) groups is 1. The first-order chi connectivity index (χ1) is 12.1. The smallest absolute Gasteiger partial charge is 0.407 e. The highest BCUT2D eigenvalue weighted by Gasteiger charge is 2.20. The Morgan fingerprint density at radius 3 is 2.60 bits per heavy atom. The van der Waals surface area contributed by atoms with Crippen molar-refractivity contribution < 1.29 is 9.90 Å². The Morgan fingerprint density at radius 2 is 1.84 bits per heavy atom. The van der Waals surface area contributed by atoms with Crippen molar-refractivity contribution in [3.63, 3.8) is 0 Å². The predicted molar refractivity (Wildman–Crippen MR) is 102 cm³/mol. The zero-order valence-electron chi connectivity index (χ0n) is 14.4. The third-order valence-corrected chi connectivity index (χ3v) is 4.97. The molecule has 0 unspecified atom stereocenters. The van der Waals surface area contributed by atoms with Crippen molar-refractivity contribution in [3.8, 4) is 0 Å². The topological polar surface area (TPSA) is 43.8 Å². The van der Waals surface area contributed by atoms with Crippen molar-refractivity contribution in [1.29, 1.82) is 0 Å². The molecule has 0 saturated heterocycles. The number of nitrogens with zero attached hydrogens (tertiary/aromatic N) is 2. The van der Waals surface area contributed by atoms with Gasteiger partial charge in [0.15, 0.2) is 0 Å². The van der Waals surface area contributed by atoms with Crippen LogP contribution in [0.15, 0.2) is 42.5 Å². The van der Waals surface area contributed by atoms with E-state index in [1.807, 2.05) is 12.1 Å². The van der Waals surface area contributed by atoms with E-state index in [1.54, 1.807) is 7.05 Å². The fourth-order valence-corrected chi connectivity index (χ4v) is 3.51. The molecule has 25 heavy (non-hydrogen) atoms. The van der Waals surface area contributed by atoms with Crippen LogP contribution < -0.4 is 4.90 Å². The largest absolute Gasteiger partial charge is 0.465 e. The van der Waals surface area contributed by atoms with Gasteiger partial charge in [-0.2, -0.15) is 0 Å². The Hall–Kier alpha value is -2.20. The fraction of sp³-hybridized carbons (Fsp3) is 0.350. The number of anilines is 2. The Kier molecular flexibility index (Phi) is 5.49. The molecule has 3 rings (SSSR count). The van der Waals surface area contributed by atoms with Crippen LogP contribution in [0.25, 0.3) is 0 Å². The Balaban J connectivity index is 1.81. The monoisotopic (exact) mass is 358 g/mol. The van der Waals surface area contributed by atoms with Crippen LogP contribution in [0.1, 0.15) is 24.0 Å². The minimum atomic E-state index is -0.878. The van der Waals surface area contributed by atoms with E-state index in [-0.39, 0.29) is 0 Å². The van der Waals surface area contributed by atoms with Crippen molar-refractivity contribution >= 4 is 29.1 Å². The van der Waals surface area contributed by atoms with E-state index in [1.165, 1.54) is 27.4 Å². The third-order valence-electron chi connectivity index (χ3n) is 4.74. The molecular formula is C20H23ClN2O2. The lowest BCUT2D eigenvalue weighted by atomic mass is 10.0. The summed E-state index contributed by atoms with van der Waals surface area (Å²) >= 11 is 6.26. The van der Waals surface area contributed by atoms with Gasteiger partial charge in [-0.3, -0.25) is 0 Å². The summed E-state index contributed by atoms with van der Waals surface area (Å²) in [5.74, 6) is 0. The summed E-state index contributed by atoms with van der Waals surface area (Å²) in [4.78, 5) is 14.6. The molecule has 1 aliphatic heterocycles. The summed E-state index contributed by atoms with van der Waals surface area (Å²) in [5.41, 5.74) is 5.06. The molecule has 1 aliphatic rings. The number of rotatable bonds is 5. The van der Waals surface area contributed by atoms with Crippen molar-refractivity contribution in [1.82, 2.24) is 4.90 Å². The molecule has 0 bridgehead atoms. The number of unbranched alkanes of at least 4 members (excludes halogenated alkanes) is 1. The van der Waals surface area contributed by atoms with Crippen LogP contribution in [-0.4, -0.2) is 36.2 Å². The molecule has 0 aliphatic carbocycles. The van der Waals surface area contributed by atoms with Gasteiger partial charge in [0.1, 0.15) is 0 Å². The maximum atomic E-state index is 10.9. The minimum absolute atomic E-state index is 0.549. The second-order valence-corrected chi connectivity index (χ2v) is 6.90. The Labute approximate surface area is 153 Å². The molecular weight excluding hydrogens is 336 g/mol. The Morgan fingerprint density at radius 1 is 1.12 bits per heavy atom. The molecule has 2 aromatic carbocycles. The van der Waals surface area contributed by atoms with Gasteiger partial charge in [0.05, 0.1) is 0 Å². The van der Waals surface area contributed by atoms with E-state index in [0.717, 1.165) is 37.3 Å². The van der Waals surface area contributed by atoms with Crippen molar-refractivity contribution in [2.45, 2.75) is 25.7 Å². The van der Waals surface area contributed by atoms with Gasteiger partial charge in [0.25, 0.3) is 0 Å². The van der Waals surface area contributed by atoms with Crippen LogP contribution in [-0.2, 0) is 12.8 Å². The van der Waals surface area contributed by atoms with E-state index in [9.17, 15) is 4.79 Å². The minimum Gasteiger partial charge on any atom is -0.465 e. The zero-order valence-corrected chi connectivity index (χ0v) is 15.2. The predicted octanol–water partition coefficient (Wildman–Crippen LogP) is 4.97. The normalized spacial score (nSPS) is 13.0. The van der Waals surface area contributed by atoms with Gasteiger partial charge < -0.3 is 14.9 Å². The maximum Gasteiger partial charge on any atom is 0.407 e. The standard InChI is InChI=1S/C20H23ClN2O2/c1-22(20(24)25)12-4-5-13-23-18-7-3-2-6-15(18)8-9-16-10-11-17(21)14-19(16)23/h2-3,6-7,10-11,14H,4-5,8-9,12-13H2,1H3,(H,24,25). The molecule has 0 aromatic heterocycles. The second kappa shape index (κ2) is 7.79. The van der Waals surface area contributed by atoms with E-state index < -0.39 is 6.09 Å². The van der Waals surface area contributed by atoms with E-state index >= 15 is 0 Å². The third kappa shape index (κ3) is 4.07. The lowest BCUT2D eigenvalue weighted by molar-refractivity contribution is 0.155. The van der Waals surface area contributed by atoms with Gasteiger partial charge >= 0.3 is 6.09 Å². The summed E-state index contributed by atoms with van der Waals surface area (Å²) in [6, 6.07) is 14.6. The SMILES string of the molecule is CN(CCCCN1c2ccccc2CCc2ccc(Cl)cc21)C(=O)O. The van der Waals surface area contributed by atoms with Crippen LogP contribution in [0.5, 0.6) is 0 Å². The van der Waals surface area contributed by atoms with Crippen LogP contribution in [0.4, 0.5) is 16.2 Å². The average molecular weight is 359 g/mol. The summed E-state index contributed by atoms with van der Waals surface area (Å²) < 4.78 is 0. The van der Waals surface area contributed by atoms with Crippen LogP contribution in [0.2, 0.25) is 5.02 Å². The molecule has 0 spiro atoms. The van der Waals surface area contributed by atoms with Crippen LogP contribution >= 0.6 is 11.6 Å². The summed E-state index contributed by atoms with van der Waals surface area (Å²) in [6.07, 6.45) is 2.89. The second-order valence-electron chi connectivity index (χ2n) is 6.46.